The quantitative estimate of drug-likeness (QED) is 0.677. The molecule has 128 valence electrons. The first kappa shape index (κ1) is 15.5. The molecular weight excluding hydrogens is 320 g/mol. The molecule has 7 heteroatoms. The molecule has 1 aliphatic heterocycles. The number of carbonyl (C=O) groups excluding carboxylic acids is 1. The summed E-state index contributed by atoms with van der Waals surface area (Å²) >= 11 is 0. The second-order valence-corrected chi connectivity index (χ2v) is 6.66. The lowest BCUT2D eigenvalue weighted by molar-refractivity contribution is 0.0743. The summed E-state index contributed by atoms with van der Waals surface area (Å²) in [5, 5.41) is 15.6. The van der Waals surface area contributed by atoms with Gasteiger partial charge in [-0.15, -0.1) is 0 Å². The Hall–Kier alpha value is -3.01. The number of hydrogen-bond acceptors (Lipinski definition) is 6. The Morgan fingerprint density at radius 1 is 1.52 bits per heavy atom. The molecular formula is C18H18N4O3. The van der Waals surface area contributed by atoms with Gasteiger partial charge in [0.05, 0.1) is 7.11 Å². The van der Waals surface area contributed by atoms with Gasteiger partial charge in [-0.05, 0) is 25.0 Å². The van der Waals surface area contributed by atoms with Crippen molar-refractivity contribution in [2.45, 2.75) is 18.9 Å². The standard InChI is InChI=1S/C18H18N4O3/c1-24-13-4-2-3-12(7-13)14-8-15(25-21-14)17(23)22-6-5-18(10-22)9-16(18)20-11-19/h2-4,7-8,16,20H,5-6,9-10H2,1H3/t16?,18-/m1/s1. The third-order valence-electron chi connectivity index (χ3n) is 5.19. The topological polar surface area (TPSA) is 91.4 Å². The molecule has 2 fully saturated rings. The Kier molecular flexibility index (Phi) is 3.61. The molecule has 2 aromatic rings. The Bertz CT molecular complexity index is 856. The van der Waals surface area contributed by atoms with Crippen molar-refractivity contribution in [2.75, 3.05) is 20.2 Å². The predicted octanol–water partition coefficient (Wildman–Crippen LogP) is 2.03. The summed E-state index contributed by atoms with van der Waals surface area (Å²) in [6.45, 7) is 1.33. The number of nitrogens with one attached hydrogen (secondary N) is 1. The molecule has 1 amide bonds. The van der Waals surface area contributed by atoms with Gasteiger partial charge in [0.1, 0.15) is 11.4 Å². The summed E-state index contributed by atoms with van der Waals surface area (Å²) in [6, 6.07) is 9.31. The van der Waals surface area contributed by atoms with Gasteiger partial charge in [-0.1, -0.05) is 17.3 Å². The molecule has 1 spiro atoms. The van der Waals surface area contributed by atoms with E-state index in [-0.39, 0.29) is 23.1 Å². The van der Waals surface area contributed by atoms with Crippen LogP contribution in [0.1, 0.15) is 23.4 Å². The van der Waals surface area contributed by atoms with Gasteiger partial charge in [0.2, 0.25) is 5.76 Å². The van der Waals surface area contributed by atoms with Gasteiger partial charge < -0.3 is 19.5 Å². The van der Waals surface area contributed by atoms with Crippen LogP contribution >= 0.6 is 0 Å². The molecule has 1 aromatic carbocycles. The zero-order chi connectivity index (χ0) is 17.4. The van der Waals surface area contributed by atoms with Crippen LogP contribution in [0.3, 0.4) is 0 Å². The second-order valence-electron chi connectivity index (χ2n) is 6.66. The highest BCUT2D eigenvalue weighted by Gasteiger charge is 2.58. The fourth-order valence-electron chi connectivity index (χ4n) is 3.60. The smallest absolute Gasteiger partial charge is 0.292 e. The van der Waals surface area contributed by atoms with E-state index in [9.17, 15) is 4.79 Å². The minimum absolute atomic E-state index is 0.0566. The fourth-order valence-corrected chi connectivity index (χ4v) is 3.60. The minimum atomic E-state index is -0.152. The van der Waals surface area contributed by atoms with Crippen LogP contribution in [0, 0.1) is 16.9 Å². The largest absolute Gasteiger partial charge is 0.497 e. The van der Waals surface area contributed by atoms with E-state index in [0.717, 1.165) is 24.2 Å². The van der Waals surface area contributed by atoms with Crippen molar-refractivity contribution in [3.05, 3.63) is 36.1 Å². The Labute approximate surface area is 145 Å². The average Bonchev–Trinajstić information content (AvgIpc) is 3.00. The highest BCUT2D eigenvalue weighted by atomic mass is 16.5. The Morgan fingerprint density at radius 3 is 3.20 bits per heavy atom. The highest BCUT2D eigenvalue weighted by Crippen LogP contribution is 2.53. The van der Waals surface area contributed by atoms with E-state index in [1.165, 1.54) is 0 Å². The van der Waals surface area contributed by atoms with Crippen molar-refractivity contribution in [2.24, 2.45) is 5.41 Å². The molecule has 1 saturated heterocycles. The summed E-state index contributed by atoms with van der Waals surface area (Å²) in [6.07, 6.45) is 3.85. The normalized spacial score (nSPS) is 24.2. The summed E-state index contributed by atoms with van der Waals surface area (Å²) < 4.78 is 10.5. The predicted molar refractivity (Wildman–Crippen MR) is 88.6 cm³/mol. The van der Waals surface area contributed by atoms with E-state index in [1.54, 1.807) is 18.1 Å². The molecule has 25 heavy (non-hydrogen) atoms. The lowest BCUT2D eigenvalue weighted by atomic mass is 10.1. The molecule has 4 rings (SSSR count). The van der Waals surface area contributed by atoms with Crippen molar-refractivity contribution < 1.29 is 14.1 Å². The number of nitriles is 1. The van der Waals surface area contributed by atoms with Crippen LogP contribution in [-0.2, 0) is 0 Å². The summed E-state index contributed by atoms with van der Waals surface area (Å²) in [5.41, 5.74) is 1.49. The van der Waals surface area contributed by atoms with Crippen molar-refractivity contribution in [1.29, 1.82) is 5.26 Å². The zero-order valence-corrected chi connectivity index (χ0v) is 13.9. The van der Waals surface area contributed by atoms with E-state index in [4.69, 9.17) is 14.5 Å². The van der Waals surface area contributed by atoms with Crippen LogP contribution in [0.15, 0.2) is 34.9 Å². The van der Waals surface area contributed by atoms with Crippen LogP contribution in [0.4, 0.5) is 0 Å². The third kappa shape index (κ3) is 2.70. The van der Waals surface area contributed by atoms with Gasteiger partial charge in [-0.2, -0.15) is 5.26 Å². The highest BCUT2D eigenvalue weighted by molar-refractivity contribution is 5.92. The third-order valence-corrected chi connectivity index (χ3v) is 5.19. The average molecular weight is 338 g/mol. The van der Waals surface area contributed by atoms with E-state index in [2.05, 4.69) is 10.5 Å². The molecule has 7 nitrogen and oxygen atoms in total. The summed E-state index contributed by atoms with van der Waals surface area (Å²) in [5.74, 6) is 0.807. The number of rotatable bonds is 4. The molecule has 1 saturated carbocycles. The molecule has 0 bridgehead atoms. The van der Waals surface area contributed by atoms with Crippen LogP contribution in [0.2, 0.25) is 0 Å². The maximum Gasteiger partial charge on any atom is 0.292 e. The summed E-state index contributed by atoms with van der Waals surface area (Å²) in [7, 11) is 1.60. The second kappa shape index (κ2) is 5.81. The maximum absolute atomic E-state index is 12.7. The number of benzene rings is 1. The molecule has 2 heterocycles. The molecule has 2 aliphatic rings. The number of nitrogens with zero attached hydrogens (tertiary/aromatic N) is 3. The SMILES string of the molecule is COc1cccc(-c2cc(C(=O)N3CC[C@@]4(CC4NC#N)C3)on2)c1. The van der Waals surface area contributed by atoms with Crippen LogP contribution in [0.25, 0.3) is 11.3 Å². The fraction of sp³-hybridized carbons (Fsp3) is 0.389. The van der Waals surface area contributed by atoms with Gasteiger partial charge in [-0.3, -0.25) is 4.79 Å². The van der Waals surface area contributed by atoms with Crippen molar-refractivity contribution >= 4 is 5.91 Å². The number of aromatic nitrogens is 1. The maximum atomic E-state index is 12.7. The molecule has 0 radical (unpaired) electrons. The van der Waals surface area contributed by atoms with E-state index in [0.29, 0.717) is 18.8 Å². The molecule has 1 N–H and O–H groups in total. The number of carbonyl (C=O) groups is 1. The van der Waals surface area contributed by atoms with E-state index >= 15 is 0 Å². The molecule has 1 aromatic heterocycles. The van der Waals surface area contributed by atoms with Crippen molar-refractivity contribution in [1.82, 2.24) is 15.4 Å². The summed E-state index contributed by atoms with van der Waals surface area (Å²) in [4.78, 5) is 14.5. The number of hydrogen-bond donors (Lipinski definition) is 1. The first-order valence-electron chi connectivity index (χ1n) is 8.20. The monoisotopic (exact) mass is 338 g/mol. The van der Waals surface area contributed by atoms with E-state index < -0.39 is 0 Å². The number of ether oxygens (including phenoxy) is 1. The minimum Gasteiger partial charge on any atom is -0.497 e. The number of amides is 1. The molecule has 2 atom stereocenters. The van der Waals surface area contributed by atoms with Crippen LogP contribution < -0.4 is 10.1 Å². The Balaban J connectivity index is 1.47. The van der Waals surface area contributed by atoms with Gasteiger partial charge in [0, 0.05) is 36.2 Å². The van der Waals surface area contributed by atoms with Gasteiger partial charge in [0.25, 0.3) is 5.91 Å². The van der Waals surface area contributed by atoms with Crippen molar-refractivity contribution in [3.8, 4) is 23.2 Å². The number of methoxy groups -OCH3 is 1. The molecule has 1 unspecified atom stereocenters. The first-order chi connectivity index (χ1) is 12.1. The van der Waals surface area contributed by atoms with Gasteiger partial charge in [0.15, 0.2) is 6.19 Å². The van der Waals surface area contributed by atoms with Crippen LogP contribution in [0.5, 0.6) is 5.75 Å². The zero-order valence-electron chi connectivity index (χ0n) is 13.9. The van der Waals surface area contributed by atoms with E-state index in [1.807, 2.05) is 30.5 Å². The molecule has 1 aliphatic carbocycles. The number of likely N-dealkylation sites (tertiary alicyclic amines) is 1. The Morgan fingerprint density at radius 2 is 2.40 bits per heavy atom. The first-order valence-corrected chi connectivity index (χ1v) is 8.20. The lowest BCUT2D eigenvalue weighted by Crippen LogP contribution is -2.30. The van der Waals surface area contributed by atoms with Crippen molar-refractivity contribution in [3.63, 3.8) is 0 Å². The lowest BCUT2D eigenvalue weighted by Gasteiger charge is -2.14. The van der Waals surface area contributed by atoms with Gasteiger partial charge >= 0.3 is 0 Å². The van der Waals surface area contributed by atoms with Crippen LogP contribution in [-0.4, -0.2) is 42.2 Å². The van der Waals surface area contributed by atoms with Gasteiger partial charge in [-0.25, -0.2) is 0 Å².